The largest absolute Gasteiger partial charge is 0.462 e. The number of ketones is 1. The zero-order valence-electron chi connectivity index (χ0n) is 11.6. The Balaban J connectivity index is 2.86. The molecule has 0 aromatic heterocycles. The third kappa shape index (κ3) is 5.17. The fourth-order valence-corrected chi connectivity index (χ4v) is 1.79. The average Bonchev–Trinajstić information content (AvgIpc) is 2.42. The number of rotatable bonds is 7. The molecule has 108 valence electrons. The maximum Gasteiger partial charge on any atom is 0.343 e. The fraction of sp³-hybridized carbons (Fsp3) is 0.333. The summed E-state index contributed by atoms with van der Waals surface area (Å²) in [6, 6.07) is 7.42. The first-order valence-electron chi connectivity index (χ1n) is 6.51. The van der Waals surface area contributed by atoms with E-state index >= 15 is 0 Å². The third-order valence-corrected chi connectivity index (χ3v) is 3.03. The minimum absolute atomic E-state index is 0.0524. The number of Topliss-reactive ketones (excluding diaryl/α,β-unsaturated/α-hetero) is 1. The van der Waals surface area contributed by atoms with Gasteiger partial charge in [-0.1, -0.05) is 22.9 Å². The van der Waals surface area contributed by atoms with Gasteiger partial charge in [0.15, 0.2) is 5.78 Å². The van der Waals surface area contributed by atoms with Crippen LogP contribution < -0.4 is 5.32 Å². The number of benzene rings is 1. The molecular weight excluding hydrogens is 322 g/mol. The molecule has 0 saturated heterocycles. The summed E-state index contributed by atoms with van der Waals surface area (Å²) in [7, 11) is 0. The number of nitrogens with one attached hydrogen (secondary N) is 1. The molecule has 0 spiro atoms. The molecule has 0 saturated carbocycles. The molecule has 0 aliphatic heterocycles. The molecule has 5 heteroatoms. The number of hydrogen-bond acceptors (Lipinski definition) is 4. The summed E-state index contributed by atoms with van der Waals surface area (Å²) in [4.78, 5) is 23.7. The Morgan fingerprint density at radius 1 is 1.25 bits per heavy atom. The summed E-state index contributed by atoms with van der Waals surface area (Å²) in [6.07, 6.45) is 2.43. The van der Waals surface area contributed by atoms with Crippen molar-refractivity contribution in [3.8, 4) is 0 Å². The lowest BCUT2D eigenvalue weighted by atomic mass is 10.1. The van der Waals surface area contributed by atoms with Crippen molar-refractivity contribution in [3.63, 3.8) is 0 Å². The third-order valence-electron chi connectivity index (χ3n) is 2.50. The van der Waals surface area contributed by atoms with E-state index in [4.69, 9.17) is 4.74 Å². The Hall–Kier alpha value is -1.62. The summed E-state index contributed by atoms with van der Waals surface area (Å²) >= 11 is 3.34. The van der Waals surface area contributed by atoms with Crippen LogP contribution in [0.25, 0.3) is 0 Å². The molecule has 0 aliphatic carbocycles. The van der Waals surface area contributed by atoms with Crippen molar-refractivity contribution >= 4 is 33.4 Å². The second-order valence-corrected chi connectivity index (χ2v) is 5.02. The van der Waals surface area contributed by atoms with E-state index in [2.05, 4.69) is 21.2 Å². The highest BCUT2D eigenvalue weighted by Gasteiger charge is 2.18. The van der Waals surface area contributed by atoms with E-state index in [1.54, 1.807) is 6.92 Å². The number of halogens is 1. The van der Waals surface area contributed by atoms with Crippen molar-refractivity contribution in [2.75, 3.05) is 11.9 Å². The topological polar surface area (TPSA) is 55.4 Å². The summed E-state index contributed by atoms with van der Waals surface area (Å²) in [6.45, 7) is 3.85. The molecule has 0 bridgehead atoms. The van der Waals surface area contributed by atoms with Gasteiger partial charge in [-0.15, -0.1) is 0 Å². The molecule has 0 radical (unpaired) electrons. The standard InChI is InChI=1S/C15H18BrNO3/c1-3-5-14(18)13(15(19)20-4-2)10-17-12-8-6-11(16)7-9-12/h6-10,17H,3-5H2,1-2H3/b13-10-. The molecule has 0 unspecified atom stereocenters. The number of carbonyl (C=O) groups excluding carboxylic acids is 2. The van der Waals surface area contributed by atoms with E-state index in [1.807, 2.05) is 31.2 Å². The van der Waals surface area contributed by atoms with Gasteiger partial charge in [0.05, 0.1) is 6.61 Å². The van der Waals surface area contributed by atoms with Gasteiger partial charge in [0.25, 0.3) is 0 Å². The van der Waals surface area contributed by atoms with Crippen molar-refractivity contribution in [2.24, 2.45) is 0 Å². The van der Waals surface area contributed by atoms with E-state index in [-0.39, 0.29) is 18.0 Å². The van der Waals surface area contributed by atoms with Crippen LogP contribution in [0.5, 0.6) is 0 Å². The number of anilines is 1. The van der Waals surface area contributed by atoms with Gasteiger partial charge >= 0.3 is 5.97 Å². The second-order valence-electron chi connectivity index (χ2n) is 4.10. The molecule has 0 amide bonds. The zero-order chi connectivity index (χ0) is 15.0. The number of hydrogen-bond donors (Lipinski definition) is 1. The number of ether oxygens (including phenoxy) is 1. The quantitative estimate of drug-likeness (QED) is 0.356. The summed E-state index contributed by atoms with van der Waals surface area (Å²) in [5.41, 5.74) is 0.843. The molecule has 4 nitrogen and oxygen atoms in total. The molecule has 1 aromatic rings. The van der Waals surface area contributed by atoms with Crippen LogP contribution >= 0.6 is 15.9 Å². The molecule has 0 atom stereocenters. The van der Waals surface area contributed by atoms with Gasteiger partial charge < -0.3 is 10.1 Å². The lowest BCUT2D eigenvalue weighted by molar-refractivity contribution is -0.140. The first kappa shape index (κ1) is 16.4. The van der Waals surface area contributed by atoms with Gasteiger partial charge in [-0.25, -0.2) is 4.79 Å². The molecular formula is C15H18BrNO3. The number of carbonyl (C=O) groups is 2. The molecule has 0 heterocycles. The van der Waals surface area contributed by atoms with E-state index in [0.717, 1.165) is 10.2 Å². The van der Waals surface area contributed by atoms with Crippen LogP contribution in [-0.2, 0) is 14.3 Å². The van der Waals surface area contributed by atoms with E-state index in [9.17, 15) is 9.59 Å². The van der Waals surface area contributed by atoms with Crippen LogP contribution in [0.3, 0.4) is 0 Å². The Bertz CT molecular complexity index is 474. The molecule has 0 aliphatic rings. The minimum Gasteiger partial charge on any atom is -0.462 e. The van der Waals surface area contributed by atoms with Gasteiger partial charge in [0, 0.05) is 22.8 Å². The first-order chi connectivity index (χ1) is 9.58. The van der Waals surface area contributed by atoms with Crippen LogP contribution in [-0.4, -0.2) is 18.4 Å². The minimum atomic E-state index is -0.587. The van der Waals surface area contributed by atoms with Gasteiger partial charge in [-0.3, -0.25) is 4.79 Å². The van der Waals surface area contributed by atoms with Crippen LogP contribution in [0.15, 0.2) is 40.5 Å². The molecule has 20 heavy (non-hydrogen) atoms. The van der Waals surface area contributed by atoms with E-state index < -0.39 is 5.97 Å². The monoisotopic (exact) mass is 339 g/mol. The highest BCUT2D eigenvalue weighted by Crippen LogP contribution is 2.15. The Labute approximate surface area is 127 Å². The molecule has 0 fully saturated rings. The lowest BCUT2D eigenvalue weighted by Crippen LogP contribution is -2.17. The Morgan fingerprint density at radius 3 is 2.45 bits per heavy atom. The normalized spacial score (nSPS) is 11.1. The Kier molecular flexibility index (Phi) is 7.01. The first-order valence-corrected chi connectivity index (χ1v) is 7.30. The number of esters is 1. The zero-order valence-corrected chi connectivity index (χ0v) is 13.2. The summed E-state index contributed by atoms with van der Waals surface area (Å²) in [5.74, 6) is -0.800. The van der Waals surface area contributed by atoms with E-state index in [0.29, 0.717) is 12.8 Å². The van der Waals surface area contributed by atoms with Gasteiger partial charge in [0.2, 0.25) is 0 Å². The van der Waals surface area contributed by atoms with Crippen LogP contribution in [0, 0.1) is 0 Å². The molecule has 1 N–H and O–H groups in total. The van der Waals surface area contributed by atoms with Crippen LogP contribution in [0.2, 0.25) is 0 Å². The van der Waals surface area contributed by atoms with Crippen LogP contribution in [0.1, 0.15) is 26.7 Å². The average molecular weight is 340 g/mol. The molecule has 1 rings (SSSR count). The van der Waals surface area contributed by atoms with E-state index in [1.165, 1.54) is 6.20 Å². The summed E-state index contributed by atoms with van der Waals surface area (Å²) < 4.78 is 5.86. The smallest absolute Gasteiger partial charge is 0.343 e. The van der Waals surface area contributed by atoms with Gasteiger partial charge in [-0.05, 0) is 37.6 Å². The molecule has 1 aromatic carbocycles. The maximum atomic E-state index is 11.9. The van der Waals surface area contributed by atoms with Crippen LogP contribution in [0.4, 0.5) is 5.69 Å². The summed E-state index contributed by atoms with van der Waals surface area (Å²) in [5, 5.41) is 2.95. The SMILES string of the molecule is CCCC(=O)/C(=C/Nc1ccc(Br)cc1)C(=O)OCC. The highest BCUT2D eigenvalue weighted by molar-refractivity contribution is 9.10. The van der Waals surface area contributed by atoms with Crippen molar-refractivity contribution < 1.29 is 14.3 Å². The van der Waals surface area contributed by atoms with Crippen molar-refractivity contribution in [3.05, 3.63) is 40.5 Å². The second kappa shape index (κ2) is 8.53. The van der Waals surface area contributed by atoms with Gasteiger partial charge in [-0.2, -0.15) is 0 Å². The predicted octanol–water partition coefficient (Wildman–Crippen LogP) is 3.68. The van der Waals surface area contributed by atoms with Crippen molar-refractivity contribution in [2.45, 2.75) is 26.7 Å². The fourth-order valence-electron chi connectivity index (χ4n) is 1.53. The van der Waals surface area contributed by atoms with Crippen molar-refractivity contribution in [1.29, 1.82) is 0 Å². The van der Waals surface area contributed by atoms with Gasteiger partial charge in [0.1, 0.15) is 5.57 Å². The Morgan fingerprint density at radius 2 is 1.90 bits per heavy atom. The predicted molar refractivity (Wildman–Crippen MR) is 82.4 cm³/mol. The van der Waals surface area contributed by atoms with Crippen molar-refractivity contribution in [1.82, 2.24) is 0 Å². The maximum absolute atomic E-state index is 11.9. The highest BCUT2D eigenvalue weighted by atomic mass is 79.9. The lowest BCUT2D eigenvalue weighted by Gasteiger charge is -2.07.